The fourth-order valence-corrected chi connectivity index (χ4v) is 4.72. The Morgan fingerprint density at radius 2 is 1.62 bits per heavy atom. The molecule has 0 bridgehead atoms. The number of nitrogens with zero attached hydrogens (tertiary/aromatic N) is 3. The number of thioether (sulfide) groups is 1. The summed E-state index contributed by atoms with van der Waals surface area (Å²) in [7, 11) is 4.62. The Morgan fingerprint density at radius 3 is 2.33 bits per heavy atom. The van der Waals surface area contributed by atoms with Crippen LogP contribution in [0.1, 0.15) is 27.3 Å². The number of anilines is 1. The summed E-state index contributed by atoms with van der Waals surface area (Å²) in [4.78, 5) is 25.8. The maximum absolute atomic E-state index is 13.0. The number of aromatic nitrogens is 3. The van der Waals surface area contributed by atoms with Crippen LogP contribution in [0.25, 0.3) is 5.69 Å². The standard InChI is InChI=1S/C29H31N5O5S/c1-18-10-11-19(2)23(12-18)31-27(35)17-40-29-33-32-26(34(29)24-8-6-7-9-25(24)39-5)16-30-28(36)20-13-21(37-3)15-22(14-20)38-4/h6-15H,16-17H2,1-5H3,(H,30,36)(H,31,35). The van der Waals surface area contributed by atoms with Crippen LogP contribution in [0, 0.1) is 13.8 Å². The van der Waals surface area contributed by atoms with Crippen LogP contribution in [0.2, 0.25) is 0 Å². The molecule has 0 radical (unpaired) electrons. The summed E-state index contributed by atoms with van der Waals surface area (Å²) >= 11 is 1.24. The van der Waals surface area contributed by atoms with Gasteiger partial charge in [-0.05, 0) is 55.3 Å². The van der Waals surface area contributed by atoms with Crippen molar-refractivity contribution >= 4 is 29.3 Å². The molecule has 0 atom stereocenters. The lowest BCUT2D eigenvalue weighted by Crippen LogP contribution is -2.25. The lowest BCUT2D eigenvalue weighted by molar-refractivity contribution is -0.113. The van der Waals surface area contributed by atoms with E-state index >= 15 is 0 Å². The SMILES string of the molecule is COc1cc(OC)cc(C(=O)NCc2nnc(SCC(=O)Nc3cc(C)ccc3C)n2-c2ccccc2OC)c1. The molecule has 2 N–H and O–H groups in total. The second-order valence-electron chi connectivity index (χ2n) is 8.85. The minimum atomic E-state index is -0.339. The highest BCUT2D eigenvalue weighted by molar-refractivity contribution is 7.99. The number of methoxy groups -OCH3 is 3. The van der Waals surface area contributed by atoms with E-state index in [2.05, 4.69) is 20.8 Å². The Bertz CT molecular complexity index is 1500. The van der Waals surface area contributed by atoms with Crippen LogP contribution >= 0.6 is 11.8 Å². The molecule has 4 aromatic rings. The molecule has 10 nitrogen and oxygen atoms in total. The molecule has 0 saturated carbocycles. The number of amides is 2. The van der Waals surface area contributed by atoms with Crippen molar-refractivity contribution in [1.82, 2.24) is 20.1 Å². The summed E-state index contributed by atoms with van der Waals surface area (Å²) in [6.07, 6.45) is 0. The molecule has 0 fully saturated rings. The predicted octanol–water partition coefficient (Wildman–Crippen LogP) is 4.57. The summed E-state index contributed by atoms with van der Waals surface area (Å²) in [5.74, 6) is 1.65. The number of carbonyl (C=O) groups is 2. The van der Waals surface area contributed by atoms with Crippen molar-refractivity contribution in [1.29, 1.82) is 0 Å². The van der Waals surface area contributed by atoms with E-state index in [1.54, 1.807) is 29.9 Å². The molecule has 1 heterocycles. The fraction of sp³-hybridized carbons (Fsp3) is 0.241. The second kappa shape index (κ2) is 13.0. The van der Waals surface area contributed by atoms with Crippen LogP contribution in [0.4, 0.5) is 5.69 Å². The van der Waals surface area contributed by atoms with Crippen molar-refractivity contribution in [2.45, 2.75) is 25.5 Å². The highest BCUT2D eigenvalue weighted by atomic mass is 32.2. The Kier molecular flexibility index (Phi) is 9.28. The molecule has 4 rings (SSSR count). The molecule has 40 heavy (non-hydrogen) atoms. The van der Waals surface area contributed by atoms with E-state index in [-0.39, 0.29) is 24.1 Å². The maximum atomic E-state index is 13.0. The maximum Gasteiger partial charge on any atom is 0.251 e. The zero-order chi connectivity index (χ0) is 28.6. The highest BCUT2D eigenvalue weighted by Gasteiger charge is 2.20. The molecule has 3 aromatic carbocycles. The number of hydrogen-bond acceptors (Lipinski definition) is 8. The summed E-state index contributed by atoms with van der Waals surface area (Å²) in [6, 6.07) is 18.3. The molecule has 0 aliphatic carbocycles. The normalized spacial score (nSPS) is 10.6. The first kappa shape index (κ1) is 28.5. The number of hydrogen-bond donors (Lipinski definition) is 2. The van der Waals surface area contributed by atoms with Gasteiger partial charge in [-0.1, -0.05) is 36.0 Å². The number of carbonyl (C=O) groups excluding carboxylic acids is 2. The van der Waals surface area contributed by atoms with Gasteiger partial charge in [0.05, 0.1) is 39.3 Å². The van der Waals surface area contributed by atoms with Gasteiger partial charge < -0.3 is 24.8 Å². The first-order valence-corrected chi connectivity index (χ1v) is 13.4. The number of rotatable bonds is 11. The third kappa shape index (κ3) is 6.73. The van der Waals surface area contributed by atoms with E-state index < -0.39 is 0 Å². The summed E-state index contributed by atoms with van der Waals surface area (Å²) in [6.45, 7) is 3.99. The molecule has 0 aliphatic heterocycles. The number of aryl methyl sites for hydroxylation is 2. The van der Waals surface area contributed by atoms with Crippen molar-refractivity contribution in [2.24, 2.45) is 0 Å². The van der Waals surface area contributed by atoms with E-state index in [0.29, 0.717) is 39.5 Å². The van der Waals surface area contributed by atoms with Crippen molar-refractivity contribution in [2.75, 3.05) is 32.4 Å². The number of nitrogens with one attached hydrogen (secondary N) is 2. The molecule has 0 aliphatic rings. The predicted molar refractivity (Wildman–Crippen MR) is 154 cm³/mol. The summed E-state index contributed by atoms with van der Waals surface area (Å²) in [5.41, 5.74) is 3.86. The van der Waals surface area contributed by atoms with Crippen LogP contribution in [0.3, 0.4) is 0 Å². The van der Waals surface area contributed by atoms with Gasteiger partial charge >= 0.3 is 0 Å². The van der Waals surface area contributed by atoms with Gasteiger partial charge in [-0.2, -0.15) is 0 Å². The number of ether oxygens (including phenoxy) is 3. The topological polar surface area (TPSA) is 117 Å². The lowest BCUT2D eigenvalue weighted by atomic mass is 10.1. The molecule has 11 heteroatoms. The third-order valence-corrected chi connectivity index (χ3v) is 6.98. The van der Waals surface area contributed by atoms with E-state index in [4.69, 9.17) is 14.2 Å². The first-order valence-electron chi connectivity index (χ1n) is 12.4. The van der Waals surface area contributed by atoms with Gasteiger partial charge in [0.25, 0.3) is 5.91 Å². The second-order valence-corrected chi connectivity index (χ2v) is 9.79. The first-order chi connectivity index (χ1) is 19.3. The molecule has 1 aromatic heterocycles. The Morgan fingerprint density at radius 1 is 0.900 bits per heavy atom. The van der Waals surface area contributed by atoms with Gasteiger partial charge in [-0.3, -0.25) is 14.2 Å². The summed E-state index contributed by atoms with van der Waals surface area (Å²) in [5, 5.41) is 15.0. The molecule has 0 saturated heterocycles. The minimum Gasteiger partial charge on any atom is -0.497 e. The Balaban J connectivity index is 1.56. The molecule has 0 unspecified atom stereocenters. The lowest BCUT2D eigenvalue weighted by Gasteiger charge is -2.14. The number of benzene rings is 3. The van der Waals surface area contributed by atoms with Gasteiger partial charge in [0.2, 0.25) is 5.91 Å². The average Bonchev–Trinajstić information content (AvgIpc) is 3.38. The fourth-order valence-electron chi connectivity index (χ4n) is 3.95. The average molecular weight is 562 g/mol. The van der Waals surface area contributed by atoms with Crippen LogP contribution in [0.15, 0.2) is 65.8 Å². The molecule has 2 amide bonds. The van der Waals surface area contributed by atoms with Gasteiger partial charge in [0, 0.05) is 17.3 Å². The van der Waals surface area contributed by atoms with Crippen molar-refractivity contribution in [3.63, 3.8) is 0 Å². The quantitative estimate of drug-likeness (QED) is 0.256. The van der Waals surface area contributed by atoms with Crippen LogP contribution in [0.5, 0.6) is 17.2 Å². The molecule has 0 spiro atoms. The van der Waals surface area contributed by atoms with E-state index in [1.165, 1.54) is 26.0 Å². The molecular weight excluding hydrogens is 530 g/mol. The molecular formula is C29H31N5O5S. The Hall–Kier alpha value is -4.51. The summed E-state index contributed by atoms with van der Waals surface area (Å²) < 4.78 is 17.9. The molecule has 208 valence electrons. The van der Waals surface area contributed by atoms with Crippen LogP contribution < -0.4 is 24.8 Å². The minimum absolute atomic E-state index is 0.0681. The zero-order valence-electron chi connectivity index (χ0n) is 23.0. The monoisotopic (exact) mass is 561 g/mol. The van der Waals surface area contributed by atoms with Crippen molar-refractivity contribution in [3.05, 3.63) is 83.2 Å². The zero-order valence-corrected chi connectivity index (χ0v) is 23.8. The van der Waals surface area contributed by atoms with Gasteiger partial charge in [0.1, 0.15) is 17.2 Å². The van der Waals surface area contributed by atoms with Crippen LogP contribution in [-0.4, -0.2) is 53.7 Å². The largest absolute Gasteiger partial charge is 0.497 e. The van der Waals surface area contributed by atoms with Gasteiger partial charge in [-0.25, -0.2) is 0 Å². The Labute approximate surface area is 237 Å². The third-order valence-electron chi connectivity index (χ3n) is 6.05. The highest BCUT2D eigenvalue weighted by Crippen LogP contribution is 2.29. The van der Waals surface area contributed by atoms with Crippen molar-refractivity contribution in [3.8, 4) is 22.9 Å². The van der Waals surface area contributed by atoms with Gasteiger partial charge in [0.15, 0.2) is 11.0 Å². The van der Waals surface area contributed by atoms with Crippen LogP contribution in [-0.2, 0) is 11.3 Å². The number of para-hydroxylation sites is 2. The van der Waals surface area contributed by atoms with E-state index in [1.807, 2.05) is 56.3 Å². The van der Waals surface area contributed by atoms with Crippen molar-refractivity contribution < 1.29 is 23.8 Å². The smallest absolute Gasteiger partial charge is 0.251 e. The van der Waals surface area contributed by atoms with E-state index in [9.17, 15) is 9.59 Å². The van der Waals surface area contributed by atoms with E-state index in [0.717, 1.165) is 16.8 Å². The van der Waals surface area contributed by atoms with Gasteiger partial charge in [-0.15, -0.1) is 10.2 Å².